The van der Waals surface area contributed by atoms with Crippen molar-refractivity contribution >= 4 is 66.9 Å². The maximum absolute atomic E-state index is 13.6. The number of ketones is 2. The first-order valence-corrected chi connectivity index (χ1v) is 27.3. The largest absolute Gasteiger partial charge is 0.457 e. The summed E-state index contributed by atoms with van der Waals surface area (Å²) >= 11 is 0. The first kappa shape index (κ1) is 50.9. The molecule has 11 aromatic rings. The summed E-state index contributed by atoms with van der Waals surface area (Å²) in [6.45, 7) is 0. The summed E-state index contributed by atoms with van der Waals surface area (Å²) in [5.41, 5.74) is 9.37. The molecular weight excluding hydrogens is 1030 g/mol. The number of nitrogens with one attached hydrogen (secondary N) is 4. The molecule has 394 valence electrons. The lowest BCUT2D eigenvalue weighted by Gasteiger charge is -2.12. The molecule has 4 N–H and O–H groups in total. The third-order valence-electron chi connectivity index (χ3n) is 13.2. The zero-order valence-corrected chi connectivity index (χ0v) is 43.9. The Labute approximate surface area is 467 Å². The molecule has 23 rings (SSSR count). The van der Waals surface area contributed by atoms with E-state index in [1.54, 1.807) is 121 Å². The van der Waals surface area contributed by atoms with Gasteiger partial charge in [0, 0.05) is 67.8 Å². The van der Waals surface area contributed by atoms with Crippen molar-refractivity contribution < 1.29 is 37.0 Å². The second-order valence-corrected chi connectivity index (χ2v) is 20.8. The number of benzene rings is 11. The number of anilines is 8. The van der Waals surface area contributed by atoms with Crippen molar-refractivity contribution in [1.29, 1.82) is 0 Å². The van der Waals surface area contributed by atoms with Gasteiger partial charge in [-0.2, -0.15) is 0 Å². The van der Waals surface area contributed by atoms with Crippen LogP contribution in [0.4, 0.5) is 45.5 Å². The van der Waals surface area contributed by atoms with Crippen LogP contribution in [0.1, 0.15) is 31.8 Å². The maximum atomic E-state index is 13.6. The van der Waals surface area contributed by atoms with Gasteiger partial charge >= 0.3 is 0 Å². The van der Waals surface area contributed by atoms with Gasteiger partial charge in [-0.1, -0.05) is 0 Å². The van der Waals surface area contributed by atoms with Gasteiger partial charge in [-0.3, -0.25) is 9.59 Å². The number of rotatable bonds is 0. The summed E-state index contributed by atoms with van der Waals surface area (Å²) in [5, 5.41) is 13.8. The lowest BCUT2D eigenvalue weighted by Crippen LogP contribution is -2.02. The van der Waals surface area contributed by atoms with Crippen LogP contribution in [0.15, 0.2) is 277 Å². The number of hydrogen-bond donors (Lipinski definition) is 4. The van der Waals surface area contributed by atoms with E-state index >= 15 is 0 Å². The Morgan fingerprint density at radius 1 is 0.210 bits per heavy atom. The van der Waals surface area contributed by atoms with Crippen molar-refractivity contribution in [3.8, 4) is 46.0 Å². The van der Waals surface area contributed by atoms with Crippen molar-refractivity contribution in [2.75, 3.05) is 21.3 Å². The van der Waals surface area contributed by atoms with Gasteiger partial charge in [-0.15, -0.1) is 0 Å². The minimum absolute atomic E-state index is 0.0844. The van der Waals surface area contributed by atoms with Crippen LogP contribution in [0.25, 0.3) is 0 Å². The smallest absolute Gasteiger partial charge is 0.206 e. The van der Waals surface area contributed by atoms with Crippen molar-refractivity contribution in [2.24, 2.45) is 0 Å². The van der Waals surface area contributed by atoms with Gasteiger partial charge in [0.1, 0.15) is 46.0 Å². The van der Waals surface area contributed by atoms with Gasteiger partial charge < -0.3 is 40.2 Å². The molecule has 0 radical (unpaired) electrons. The SMILES string of the molecule is O=C1c2ccc(cc2)Oc2ccc(cc2)Nc2ccc(cc2)Nc2ccc(cc2)Nc2ccc(cc2)Nc2ccc(cc2)Oc2ccc(cc2)C(=O)c2ccc(cc2)Oc2ccc(cc2)S(=O)(=O)c2ccc(cc2)Oc2ccc1cc2. The van der Waals surface area contributed by atoms with E-state index < -0.39 is 9.84 Å². The van der Waals surface area contributed by atoms with E-state index in [0.717, 1.165) is 45.5 Å². The molecule has 0 atom stereocenters. The summed E-state index contributed by atoms with van der Waals surface area (Å²) in [5.74, 6) is 3.90. The molecule has 11 aromatic carbocycles. The standard InChI is InChI=1S/C68H48N4O8S/c73-67-45-1-25-57(26-2-45)77-61-33-21-55(22-34-61)71-53-17-13-51(14-18-53)69-49-9-11-50(12-10-49)70-52-15-19-54(20-16-52)72-56-23-35-62(36-24-56)78-58-27-3-46(4-28-58)68(74)48-7-31-60(32-8-48)80-64-39-43-66(44-40-64)81(75,76)65-41-37-63(38-42-65)79-59-29-5-47(67)6-30-59/h1-44,69-72H. The second-order valence-electron chi connectivity index (χ2n) is 18.9. The fraction of sp³-hybridized carbons (Fsp3) is 0. The molecule has 0 saturated carbocycles. The highest BCUT2D eigenvalue weighted by atomic mass is 32.2. The molecule has 13 heteroatoms. The van der Waals surface area contributed by atoms with E-state index in [1.807, 2.05) is 121 Å². The summed E-state index contributed by atoms with van der Waals surface area (Å²) in [4.78, 5) is 27.0. The molecule has 0 amide bonds. The number of hydrogen-bond acceptors (Lipinski definition) is 12. The summed E-state index contributed by atoms with van der Waals surface area (Å²) in [7, 11) is -3.88. The Kier molecular flexibility index (Phi) is 14.2. The molecule has 12 nitrogen and oxygen atoms in total. The third-order valence-corrected chi connectivity index (χ3v) is 15.0. The van der Waals surface area contributed by atoms with E-state index in [4.69, 9.17) is 18.9 Å². The Hall–Kier alpha value is -10.9. The third kappa shape index (κ3) is 12.3. The van der Waals surface area contributed by atoms with E-state index in [9.17, 15) is 18.0 Å². The van der Waals surface area contributed by atoms with Crippen molar-refractivity contribution in [3.05, 3.63) is 289 Å². The minimum atomic E-state index is -3.88. The molecule has 12 aliphatic heterocycles. The van der Waals surface area contributed by atoms with Crippen LogP contribution in [0, 0.1) is 0 Å². The van der Waals surface area contributed by atoms with Gasteiger partial charge in [-0.25, -0.2) is 8.42 Å². The Balaban J connectivity index is 0.729. The van der Waals surface area contributed by atoms with E-state index in [2.05, 4.69) is 21.3 Å². The highest BCUT2D eigenvalue weighted by Crippen LogP contribution is 2.33. The molecule has 12 aliphatic rings. The van der Waals surface area contributed by atoms with Crippen LogP contribution in [0.3, 0.4) is 0 Å². The average molecular weight is 1080 g/mol. The Bertz CT molecular complexity index is 3840. The number of carbonyl (C=O) groups excluding carboxylic acids is 2. The highest BCUT2D eigenvalue weighted by Gasteiger charge is 2.19. The summed E-state index contributed by atoms with van der Waals surface area (Å²) in [6.07, 6.45) is 0. The fourth-order valence-corrected chi connectivity index (χ4v) is 10.1. The van der Waals surface area contributed by atoms with Crippen molar-refractivity contribution in [1.82, 2.24) is 0 Å². The summed E-state index contributed by atoms with van der Waals surface area (Å²) in [6, 6.07) is 79.2. The zero-order chi connectivity index (χ0) is 55.1. The molecule has 0 aliphatic carbocycles. The van der Waals surface area contributed by atoms with Gasteiger partial charge in [0.05, 0.1) is 9.79 Å². The van der Waals surface area contributed by atoms with E-state index in [1.165, 1.54) is 24.3 Å². The van der Waals surface area contributed by atoms with Crippen molar-refractivity contribution in [3.63, 3.8) is 0 Å². The molecule has 12 heterocycles. The van der Waals surface area contributed by atoms with Crippen LogP contribution in [-0.2, 0) is 9.84 Å². The van der Waals surface area contributed by atoms with Crippen LogP contribution in [0.5, 0.6) is 46.0 Å². The van der Waals surface area contributed by atoms with E-state index in [-0.39, 0.29) is 21.4 Å². The lowest BCUT2D eigenvalue weighted by molar-refractivity contribution is 0.103. The molecule has 0 spiro atoms. The molecule has 0 aromatic heterocycles. The van der Waals surface area contributed by atoms with Gasteiger partial charge in [-0.05, 0) is 267 Å². The van der Waals surface area contributed by atoms with Crippen LogP contribution in [0.2, 0.25) is 0 Å². The van der Waals surface area contributed by atoms with E-state index in [0.29, 0.717) is 68.2 Å². The van der Waals surface area contributed by atoms with Gasteiger partial charge in [0.2, 0.25) is 9.84 Å². The normalized spacial score (nSPS) is 13.0. The number of sulfone groups is 1. The molecule has 81 heavy (non-hydrogen) atoms. The first-order valence-electron chi connectivity index (χ1n) is 25.8. The summed E-state index contributed by atoms with van der Waals surface area (Å²) < 4.78 is 51.5. The Morgan fingerprint density at radius 3 is 0.543 bits per heavy atom. The molecule has 0 saturated heterocycles. The maximum Gasteiger partial charge on any atom is 0.206 e. The van der Waals surface area contributed by atoms with Crippen LogP contribution < -0.4 is 40.2 Å². The number of ether oxygens (including phenoxy) is 4. The minimum Gasteiger partial charge on any atom is -0.457 e. The molecule has 22 bridgehead atoms. The second kappa shape index (κ2) is 22.6. The zero-order valence-electron chi connectivity index (χ0n) is 43.1. The van der Waals surface area contributed by atoms with Gasteiger partial charge in [0.15, 0.2) is 11.6 Å². The monoisotopic (exact) mass is 1080 g/mol. The van der Waals surface area contributed by atoms with Crippen molar-refractivity contribution in [2.45, 2.75) is 9.79 Å². The van der Waals surface area contributed by atoms with Crippen LogP contribution >= 0.6 is 0 Å². The quantitative estimate of drug-likeness (QED) is 0.114. The number of fused-ring (bicyclic) bond motifs is 11. The number of carbonyl (C=O) groups is 2. The Morgan fingerprint density at radius 2 is 0.358 bits per heavy atom. The molecule has 0 unspecified atom stereocenters. The predicted octanol–water partition coefficient (Wildman–Crippen LogP) is 17.4. The highest BCUT2D eigenvalue weighted by molar-refractivity contribution is 7.91. The topological polar surface area (TPSA) is 153 Å². The van der Waals surface area contributed by atoms with Gasteiger partial charge in [0.25, 0.3) is 0 Å². The molecule has 0 fully saturated rings. The fourth-order valence-electron chi connectivity index (χ4n) is 8.87. The lowest BCUT2D eigenvalue weighted by atomic mass is 10.0. The molecular formula is C68H48N4O8S. The first-order chi connectivity index (χ1) is 39.6. The predicted molar refractivity (Wildman–Crippen MR) is 317 cm³/mol. The average Bonchev–Trinajstić information content (AvgIpc) is 3.53. The van der Waals surface area contributed by atoms with Crippen LogP contribution in [-0.4, -0.2) is 20.0 Å².